The van der Waals surface area contributed by atoms with E-state index in [1.54, 1.807) is 6.07 Å². The number of hydrogen-bond donors (Lipinski definition) is 1. The molecule has 2 nitrogen and oxygen atoms in total. The third-order valence-electron chi connectivity index (χ3n) is 4.36. The van der Waals surface area contributed by atoms with E-state index in [9.17, 15) is 4.39 Å². The van der Waals surface area contributed by atoms with E-state index in [-0.39, 0.29) is 11.4 Å². The van der Waals surface area contributed by atoms with Crippen molar-refractivity contribution in [3.05, 3.63) is 34.1 Å². The van der Waals surface area contributed by atoms with Gasteiger partial charge in [-0.2, -0.15) is 0 Å². The van der Waals surface area contributed by atoms with Crippen molar-refractivity contribution in [1.82, 2.24) is 10.2 Å². The third kappa shape index (κ3) is 3.18. The molecule has 0 atom stereocenters. The van der Waals surface area contributed by atoms with E-state index >= 15 is 0 Å². The highest BCUT2D eigenvalue weighted by Crippen LogP contribution is 2.28. The molecule has 1 fully saturated rings. The van der Waals surface area contributed by atoms with Crippen LogP contribution in [0.1, 0.15) is 32.3 Å². The lowest BCUT2D eigenvalue weighted by atomic mass is 9.88. The molecule has 0 bridgehead atoms. The molecule has 0 unspecified atom stereocenters. The zero-order chi connectivity index (χ0) is 13.9. The highest BCUT2D eigenvalue weighted by molar-refractivity contribution is 9.10. The molecule has 2 rings (SSSR count). The maximum absolute atomic E-state index is 13.3. The number of benzene rings is 1. The largest absolute Gasteiger partial charge is 0.314 e. The average Bonchev–Trinajstić information content (AvgIpc) is 2.44. The number of halogens is 2. The van der Waals surface area contributed by atoms with Crippen LogP contribution in [0.25, 0.3) is 0 Å². The zero-order valence-corrected chi connectivity index (χ0v) is 13.3. The van der Waals surface area contributed by atoms with Crippen LogP contribution in [0.2, 0.25) is 0 Å². The number of rotatable bonds is 4. The van der Waals surface area contributed by atoms with Crippen LogP contribution < -0.4 is 5.32 Å². The quantitative estimate of drug-likeness (QED) is 0.909. The molecule has 1 aromatic rings. The van der Waals surface area contributed by atoms with Crippen LogP contribution in [0.3, 0.4) is 0 Å². The Hall–Kier alpha value is -0.450. The van der Waals surface area contributed by atoms with E-state index in [0.29, 0.717) is 4.47 Å². The molecule has 0 aliphatic carbocycles. The Morgan fingerprint density at radius 2 is 2.11 bits per heavy atom. The van der Waals surface area contributed by atoms with Gasteiger partial charge in [-0.3, -0.25) is 4.90 Å². The molecular formula is C15H22BrFN2. The first-order valence-corrected chi connectivity index (χ1v) is 7.80. The Kier molecular flexibility index (Phi) is 4.98. The highest BCUT2D eigenvalue weighted by atomic mass is 79.9. The molecule has 1 saturated heterocycles. The van der Waals surface area contributed by atoms with Crippen molar-refractivity contribution >= 4 is 15.9 Å². The van der Waals surface area contributed by atoms with Crippen molar-refractivity contribution in [2.75, 3.05) is 19.6 Å². The van der Waals surface area contributed by atoms with Crippen LogP contribution in [-0.4, -0.2) is 30.1 Å². The van der Waals surface area contributed by atoms with Gasteiger partial charge in [-0.15, -0.1) is 0 Å². The zero-order valence-electron chi connectivity index (χ0n) is 11.7. The topological polar surface area (TPSA) is 15.3 Å². The Morgan fingerprint density at radius 1 is 1.37 bits per heavy atom. The van der Waals surface area contributed by atoms with Crippen molar-refractivity contribution in [2.45, 2.75) is 38.8 Å². The number of nitrogens with one attached hydrogen (secondary N) is 1. The summed E-state index contributed by atoms with van der Waals surface area (Å²) in [5.41, 5.74) is 1.40. The summed E-state index contributed by atoms with van der Waals surface area (Å²) in [6.45, 7) is 8.53. The Bertz CT molecular complexity index is 432. The van der Waals surface area contributed by atoms with E-state index in [2.05, 4.69) is 40.0 Å². The average molecular weight is 329 g/mol. The van der Waals surface area contributed by atoms with E-state index in [1.807, 2.05) is 12.1 Å². The fourth-order valence-electron chi connectivity index (χ4n) is 2.94. The summed E-state index contributed by atoms with van der Waals surface area (Å²) in [5, 5.41) is 3.50. The molecule has 1 aromatic carbocycles. The third-order valence-corrected chi connectivity index (χ3v) is 4.96. The lowest BCUT2D eigenvalue weighted by Crippen LogP contribution is -2.60. The standard InChI is InChI=1S/C15H22BrFN2/c1-3-15(4-2)11-18-7-8-19(15)10-12-5-6-14(17)13(16)9-12/h5-6,9,18H,3-4,7-8,10-11H2,1-2H3. The van der Waals surface area contributed by atoms with Crippen molar-refractivity contribution in [1.29, 1.82) is 0 Å². The summed E-state index contributed by atoms with van der Waals surface area (Å²) >= 11 is 3.27. The summed E-state index contributed by atoms with van der Waals surface area (Å²) in [5.74, 6) is -0.193. The molecule has 0 amide bonds. The molecule has 106 valence electrons. The minimum Gasteiger partial charge on any atom is -0.314 e. The smallest absolute Gasteiger partial charge is 0.137 e. The molecule has 0 spiro atoms. The molecular weight excluding hydrogens is 307 g/mol. The van der Waals surface area contributed by atoms with Crippen LogP contribution in [-0.2, 0) is 6.54 Å². The minimum atomic E-state index is -0.193. The van der Waals surface area contributed by atoms with Crippen LogP contribution in [0.15, 0.2) is 22.7 Å². The summed E-state index contributed by atoms with van der Waals surface area (Å²) < 4.78 is 13.8. The molecule has 19 heavy (non-hydrogen) atoms. The van der Waals surface area contributed by atoms with E-state index < -0.39 is 0 Å². The number of piperazine rings is 1. The van der Waals surface area contributed by atoms with E-state index in [4.69, 9.17) is 0 Å². The summed E-state index contributed by atoms with van der Waals surface area (Å²) in [6.07, 6.45) is 2.28. The van der Waals surface area contributed by atoms with Gasteiger partial charge in [0, 0.05) is 31.7 Å². The first-order chi connectivity index (χ1) is 9.11. The van der Waals surface area contributed by atoms with Gasteiger partial charge >= 0.3 is 0 Å². The first-order valence-electron chi connectivity index (χ1n) is 7.01. The Morgan fingerprint density at radius 3 is 2.74 bits per heavy atom. The molecule has 1 aliphatic heterocycles. The molecule has 0 radical (unpaired) electrons. The number of hydrogen-bond acceptors (Lipinski definition) is 2. The highest BCUT2D eigenvalue weighted by Gasteiger charge is 2.35. The maximum atomic E-state index is 13.3. The Balaban J connectivity index is 2.17. The van der Waals surface area contributed by atoms with E-state index in [0.717, 1.165) is 39.0 Å². The predicted octanol–water partition coefficient (Wildman–Crippen LogP) is 3.55. The van der Waals surface area contributed by atoms with Crippen molar-refractivity contribution in [3.63, 3.8) is 0 Å². The van der Waals surface area contributed by atoms with E-state index in [1.165, 1.54) is 5.56 Å². The molecule has 1 heterocycles. The second kappa shape index (κ2) is 6.33. The molecule has 0 saturated carbocycles. The van der Waals surface area contributed by atoms with Crippen LogP contribution >= 0.6 is 15.9 Å². The van der Waals surface area contributed by atoms with Gasteiger partial charge in [0.05, 0.1) is 4.47 Å². The molecule has 4 heteroatoms. The van der Waals surface area contributed by atoms with Crippen molar-refractivity contribution in [3.8, 4) is 0 Å². The van der Waals surface area contributed by atoms with Gasteiger partial charge in [0.15, 0.2) is 0 Å². The molecule has 1 aliphatic rings. The second-order valence-electron chi connectivity index (χ2n) is 5.28. The van der Waals surface area contributed by atoms with Gasteiger partial charge in [0.25, 0.3) is 0 Å². The Labute approximate surface area is 123 Å². The summed E-state index contributed by atoms with van der Waals surface area (Å²) in [7, 11) is 0. The van der Waals surface area contributed by atoms with Gasteiger partial charge in [0.1, 0.15) is 5.82 Å². The van der Waals surface area contributed by atoms with Crippen LogP contribution in [0, 0.1) is 5.82 Å². The van der Waals surface area contributed by atoms with Gasteiger partial charge in [-0.05, 0) is 46.5 Å². The molecule has 1 N–H and O–H groups in total. The fourth-order valence-corrected chi connectivity index (χ4v) is 3.36. The van der Waals surface area contributed by atoms with Crippen LogP contribution in [0.5, 0.6) is 0 Å². The number of nitrogens with zero attached hydrogens (tertiary/aromatic N) is 1. The summed E-state index contributed by atoms with van der Waals surface area (Å²) in [4.78, 5) is 2.54. The predicted molar refractivity (Wildman–Crippen MR) is 80.7 cm³/mol. The van der Waals surface area contributed by atoms with Gasteiger partial charge in [0.2, 0.25) is 0 Å². The second-order valence-corrected chi connectivity index (χ2v) is 6.13. The molecule has 0 aromatic heterocycles. The van der Waals surface area contributed by atoms with Gasteiger partial charge < -0.3 is 5.32 Å². The normalized spacial score (nSPS) is 19.6. The van der Waals surface area contributed by atoms with Gasteiger partial charge in [-0.1, -0.05) is 19.9 Å². The van der Waals surface area contributed by atoms with Crippen molar-refractivity contribution in [2.24, 2.45) is 0 Å². The fraction of sp³-hybridized carbons (Fsp3) is 0.600. The lowest BCUT2D eigenvalue weighted by Gasteiger charge is -2.47. The van der Waals surface area contributed by atoms with Crippen molar-refractivity contribution < 1.29 is 4.39 Å². The van der Waals surface area contributed by atoms with Gasteiger partial charge in [-0.25, -0.2) is 4.39 Å². The SMILES string of the molecule is CCC1(CC)CNCCN1Cc1ccc(F)c(Br)c1. The summed E-state index contributed by atoms with van der Waals surface area (Å²) in [6, 6.07) is 5.33. The first kappa shape index (κ1) is 14.9. The van der Waals surface area contributed by atoms with Crippen LogP contribution in [0.4, 0.5) is 4.39 Å². The maximum Gasteiger partial charge on any atom is 0.137 e. The minimum absolute atomic E-state index is 0.193. The lowest BCUT2D eigenvalue weighted by molar-refractivity contribution is 0.0447. The monoisotopic (exact) mass is 328 g/mol.